The molecule has 1 saturated heterocycles. The first-order valence-corrected chi connectivity index (χ1v) is 5.88. The Bertz CT molecular complexity index is 373. The van der Waals surface area contributed by atoms with Gasteiger partial charge >= 0.3 is 0 Å². The lowest BCUT2D eigenvalue weighted by atomic mass is 10.1. The van der Waals surface area contributed by atoms with Crippen molar-refractivity contribution in [3.63, 3.8) is 0 Å². The first kappa shape index (κ1) is 12.3. The average molecular weight is 240 g/mol. The molecule has 1 atom stereocenters. The van der Waals surface area contributed by atoms with E-state index in [2.05, 4.69) is 0 Å². The lowest BCUT2D eigenvalue weighted by molar-refractivity contribution is 0.0240. The van der Waals surface area contributed by atoms with Crippen molar-refractivity contribution >= 4 is 0 Å². The van der Waals surface area contributed by atoms with E-state index in [-0.39, 0.29) is 11.9 Å². The highest BCUT2D eigenvalue weighted by molar-refractivity contribution is 5.30. The molecule has 1 heterocycles. The van der Waals surface area contributed by atoms with E-state index in [9.17, 15) is 9.50 Å². The van der Waals surface area contributed by atoms with Gasteiger partial charge in [-0.15, -0.1) is 0 Å². The Balaban J connectivity index is 2.05. The molecule has 94 valence electrons. The van der Waals surface area contributed by atoms with Gasteiger partial charge in [0.25, 0.3) is 0 Å². The highest BCUT2D eigenvalue weighted by Crippen LogP contribution is 2.24. The van der Waals surface area contributed by atoms with E-state index in [4.69, 9.17) is 9.47 Å². The molecule has 4 heteroatoms. The number of benzene rings is 1. The Morgan fingerprint density at radius 2 is 2.12 bits per heavy atom. The molecular formula is C13H17FO3. The van der Waals surface area contributed by atoms with Crippen LogP contribution >= 0.6 is 0 Å². The molecule has 1 aliphatic rings. The van der Waals surface area contributed by atoms with Crippen LogP contribution in [0.15, 0.2) is 18.2 Å². The predicted molar refractivity (Wildman–Crippen MR) is 61.5 cm³/mol. The Morgan fingerprint density at radius 3 is 2.71 bits per heavy atom. The zero-order valence-electron chi connectivity index (χ0n) is 9.86. The summed E-state index contributed by atoms with van der Waals surface area (Å²) in [4.78, 5) is 0. The van der Waals surface area contributed by atoms with Gasteiger partial charge in [0.1, 0.15) is 6.10 Å². The molecule has 1 N–H and O–H groups in total. The van der Waals surface area contributed by atoms with E-state index in [0.29, 0.717) is 18.8 Å². The van der Waals surface area contributed by atoms with E-state index in [1.807, 2.05) is 0 Å². The summed E-state index contributed by atoms with van der Waals surface area (Å²) in [5, 5.41) is 9.34. The minimum atomic E-state index is -0.665. The van der Waals surface area contributed by atoms with Crippen molar-refractivity contribution in [3.05, 3.63) is 29.6 Å². The van der Waals surface area contributed by atoms with Crippen molar-refractivity contribution in [1.82, 2.24) is 0 Å². The van der Waals surface area contributed by atoms with Gasteiger partial charge < -0.3 is 14.6 Å². The van der Waals surface area contributed by atoms with Crippen LogP contribution in [0.4, 0.5) is 4.39 Å². The van der Waals surface area contributed by atoms with Crippen LogP contribution in [-0.2, 0) is 4.74 Å². The van der Waals surface area contributed by atoms with Gasteiger partial charge in [-0.3, -0.25) is 0 Å². The molecule has 3 nitrogen and oxygen atoms in total. The number of halogens is 1. The molecule has 17 heavy (non-hydrogen) atoms. The van der Waals surface area contributed by atoms with Crippen molar-refractivity contribution in [2.45, 2.75) is 32.0 Å². The first-order chi connectivity index (χ1) is 8.16. The monoisotopic (exact) mass is 240 g/mol. The van der Waals surface area contributed by atoms with Gasteiger partial charge in [-0.05, 0) is 24.6 Å². The zero-order chi connectivity index (χ0) is 12.3. The summed E-state index contributed by atoms with van der Waals surface area (Å²) < 4.78 is 24.5. The molecular weight excluding hydrogens is 223 g/mol. The Kier molecular flexibility index (Phi) is 3.97. The number of aliphatic hydroxyl groups excluding tert-OH is 1. The maximum atomic E-state index is 13.7. The van der Waals surface area contributed by atoms with Gasteiger partial charge in [0, 0.05) is 12.8 Å². The van der Waals surface area contributed by atoms with Crippen LogP contribution in [-0.4, -0.2) is 24.4 Å². The third kappa shape index (κ3) is 3.17. The van der Waals surface area contributed by atoms with Crippen LogP contribution in [0.5, 0.6) is 5.75 Å². The zero-order valence-corrected chi connectivity index (χ0v) is 9.86. The van der Waals surface area contributed by atoms with Gasteiger partial charge in [-0.2, -0.15) is 0 Å². The summed E-state index contributed by atoms with van der Waals surface area (Å²) in [5.74, 6) is -0.170. The molecule has 0 amide bonds. The van der Waals surface area contributed by atoms with Crippen LogP contribution in [0.2, 0.25) is 0 Å². The number of ether oxygens (including phenoxy) is 2. The average Bonchev–Trinajstić information content (AvgIpc) is 2.33. The lowest BCUT2D eigenvalue weighted by Crippen LogP contribution is -2.26. The first-order valence-electron chi connectivity index (χ1n) is 5.88. The molecule has 0 unspecified atom stereocenters. The van der Waals surface area contributed by atoms with Crippen molar-refractivity contribution in [2.75, 3.05) is 13.2 Å². The van der Waals surface area contributed by atoms with E-state index in [0.717, 1.165) is 12.8 Å². The minimum Gasteiger partial charge on any atom is -0.487 e. The third-order valence-electron chi connectivity index (χ3n) is 2.90. The van der Waals surface area contributed by atoms with Gasteiger partial charge in [0.2, 0.25) is 0 Å². The van der Waals surface area contributed by atoms with Crippen LogP contribution in [0, 0.1) is 5.82 Å². The van der Waals surface area contributed by atoms with Gasteiger partial charge in [-0.25, -0.2) is 4.39 Å². The number of rotatable bonds is 3. The summed E-state index contributed by atoms with van der Waals surface area (Å²) in [5.41, 5.74) is 0.557. The second-order valence-electron chi connectivity index (χ2n) is 4.30. The molecule has 0 saturated carbocycles. The van der Waals surface area contributed by atoms with Crippen LogP contribution in [0.3, 0.4) is 0 Å². The smallest absolute Gasteiger partial charge is 0.165 e. The fourth-order valence-corrected chi connectivity index (χ4v) is 1.85. The van der Waals surface area contributed by atoms with E-state index in [1.54, 1.807) is 19.1 Å². The van der Waals surface area contributed by atoms with E-state index >= 15 is 0 Å². The molecule has 0 spiro atoms. The Labute approximate surface area is 100 Å². The quantitative estimate of drug-likeness (QED) is 0.882. The van der Waals surface area contributed by atoms with E-state index < -0.39 is 11.9 Å². The van der Waals surface area contributed by atoms with E-state index in [1.165, 1.54) is 6.07 Å². The number of hydrogen-bond donors (Lipinski definition) is 1. The molecule has 2 rings (SSSR count). The maximum Gasteiger partial charge on any atom is 0.165 e. The lowest BCUT2D eigenvalue weighted by Gasteiger charge is -2.23. The largest absolute Gasteiger partial charge is 0.487 e. The maximum absolute atomic E-state index is 13.7. The number of hydrogen-bond acceptors (Lipinski definition) is 3. The summed E-state index contributed by atoms with van der Waals surface area (Å²) in [7, 11) is 0. The topological polar surface area (TPSA) is 38.7 Å². The Hall–Kier alpha value is -1.13. The fourth-order valence-electron chi connectivity index (χ4n) is 1.85. The van der Waals surface area contributed by atoms with Crippen molar-refractivity contribution in [3.8, 4) is 5.75 Å². The van der Waals surface area contributed by atoms with Crippen LogP contribution < -0.4 is 4.74 Å². The van der Waals surface area contributed by atoms with Crippen molar-refractivity contribution < 1.29 is 19.0 Å². The molecule has 1 aliphatic heterocycles. The molecule has 1 aromatic carbocycles. The highest BCUT2D eigenvalue weighted by atomic mass is 19.1. The molecule has 0 radical (unpaired) electrons. The summed E-state index contributed by atoms with van der Waals surface area (Å²) >= 11 is 0. The SMILES string of the molecule is C[C@@H](O)c1ccc(OC2CCOCC2)c(F)c1. The predicted octanol–water partition coefficient (Wildman–Crippen LogP) is 2.44. The van der Waals surface area contributed by atoms with Gasteiger partial charge in [0.15, 0.2) is 11.6 Å². The second kappa shape index (κ2) is 5.47. The summed E-state index contributed by atoms with van der Waals surface area (Å²) in [6.45, 7) is 2.93. The van der Waals surface area contributed by atoms with Crippen molar-refractivity contribution in [1.29, 1.82) is 0 Å². The summed E-state index contributed by atoms with van der Waals surface area (Å²) in [6.07, 6.45) is 0.937. The van der Waals surface area contributed by atoms with Crippen molar-refractivity contribution in [2.24, 2.45) is 0 Å². The molecule has 1 aromatic rings. The normalized spacial score (nSPS) is 19.0. The molecule has 1 fully saturated rings. The second-order valence-corrected chi connectivity index (χ2v) is 4.30. The number of aliphatic hydroxyl groups is 1. The summed E-state index contributed by atoms with van der Waals surface area (Å²) in [6, 6.07) is 4.58. The minimum absolute atomic E-state index is 0.0238. The molecule has 0 aromatic heterocycles. The van der Waals surface area contributed by atoms with Gasteiger partial charge in [-0.1, -0.05) is 6.07 Å². The van der Waals surface area contributed by atoms with Gasteiger partial charge in [0.05, 0.1) is 19.3 Å². The van der Waals surface area contributed by atoms with Crippen LogP contribution in [0.1, 0.15) is 31.4 Å². The third-order valence-corrected chi connectivity index (χ3v) is 2.90. The molecule has 0 bridgehead atoms. The molecule has 0 aliphatic carbocycles. The standard InChI is InChI=1S/C13H17FO3/c1-9(15)10-2-3-13(12(14)8-10)17-11-4-6-16-7-5-11/h2-3,8-9,11,15H,4-7H2,1H3/t9-/m1/s1. The van der Waals surface area contributed by atoms with Crippen LogP contribution in [0.25, 0.3) is 0 Å². The highest BCUT2D eigenvalue weighted by Gasteiger charge is 2.17. The Morgan fingerprint density at radius 1 is 1.41 bits per heavy atom. The fraction of sp³-hybridized carbons (Fsp3) is 0.538.